The summed E-state index contributed by atoms with van der Waals surface area (Å²) in [6, 6.07) is 8.70. The van der Waals surface area contributed by atoms with Gasteiger partial charge in [0.1, 0.15) is 5.75 Å². The summed E-state index contributed by atoms with van der Waals surface area (Å²) in [7, 11) is 3.75. The van der Waals surface area contributed by atoms with Crippen LogP contribution in [0.25, 0.3) is 0 Å². The van der Waals surface area contributed by atoms with Crippen LogP contribution in [0.3, 0.4) is 0 Å². The summed E-state index contributed by atoms with van der Waals surface area (Å²) in [5, 5.41) is 3.49. The minimum absolute atomic E-state index is 0.0448. The molecule has 3 unspecified atom stereocenters. The first-order valence-electron chi connectivity index (χ1n) is 7.79. The Kier molecular flexibility index (Phi) is 4.48. The van der Waals surface area contributed by atoms with E-state index < -0.39 is 0 Å². The number of rotatable bonds is 4. The largest absolute Gasteiger partial charge is 0.497 e. The second-order valence-electron chi connectivity index (χ2n) is 6.13. The van der Waals surface area contributed by atoms with E-state index in [4.69, 9.17) is 14.2 Å². The molecule has 3 rings (SSSR count). The molecular formula is C17H25NO3. The van der Waals surface area contributed by atoms with Gasteiger partial charge in [-0.3, -0.25) is 0 Å². The van der Waals surface area contributed by atoms with Gasteiger partial charge in [-0.1, -0.05) is 12.1 Å². The van der Waals surface area contributed by atoms with Crippen molar-refractivity contribution < 1.29 is 14.2 Å². The monoisotopic (exact) mass is 291 g/mol. The van der Waals surface area contributed by atoms with Gasteiger partial charge >= 0.3 is 0 Å². The molecule has 21 heavy (non-hydrogen) atoms. The lowest BCUT2D eigenvalue weighted by Crippen LogP contribution is -2.43. The van der Waals surface area contributed by atoms with Gasteiger partial charge in [0.05, 0.1) is 19.3 Å². The smallest absolute Gasteiger partial charge is 0.119 e. The van der Waals surface area contributed by atoms with E-state index in [0.29, 0.717) is 12.0 Å². The lowest BCUT2D eigenvalue weighted by molar-refractivity contribution is -0.103. The van der Waals surface area contributed by atoms with E-state index in [-0.39, 0.29) is 5.60 Å². The number of nitrogens with one attached hydrogen (secondary N) is 1. The topological polar surface area (TPSA) is 39.7 Å². The van der Waals surface area contributed by atoms with Crippen LogP contribution >= 0.6 is 0 Å². The quantitative estimate of drug-likeness (QED) is 0.925. The molecule has 2 aliphatic rings. The van der Waals surface area contributed by atoms with Crippen molar-refractivity contribution in [3.8, 4) is 5.75 Å². The fourth-order valence-electron chi connectivity index (χ4n) is 3.72. The third kappa shape index (κ3) is 3.07. The predicted molar refractivity (Wildman–Crippen MR) is 81.6 cm³/mol. The Balaban J connectivity index is 1.78. The maximum Gasteiger partial charge on any atom is 0.119 e. The molecule has 1 aromatic carbocycles. The summed E-state index contributed by atoms with van der Waals surface area (Å²) >= 11 is 0. The van der Waals surface area contributed by atoms with Crippen LogP contribution in [-0.4, -0.2) is 39.6 Å². The molecule has 4 heteroatoms. The van der Waals surface area contributed by atoms with Crippen molar-refractivity contribution in [3.05, 3.63) is 29.8 Å². The Morgan fingerprint density at radius 3 is 3.00 bits per heavy atom. The van der Waals surface area contributed by atoms with E-state index in [1.54, 1.807) is 7.11 Å². The van der Waals surface area contributed by atoms with Crippen molar-refractivity contribution in [1.29, 1.82) is 0 Å². The van der Waals surface area contributed by atoms with Gasteiger partial charge in [0.15, 0.2) is 0 Å². The highest BCUT2D eigenvalue weighted by Crippen LogP contribution is 2.41. The lowest BCUT2D eigenvalue weighted by Gasteiger charge is -2.40. The van der Waals surface area contributed by atoms with Crippen LogP contribution in [-0.2, 0) is 9.47 Å². The van der Waals surface area contributed by atoms with Crippen LogP contribution in [0, 0.1) is 5.92 Å². The third-order valence-corrected chi connectivity index (χ3v) is 4.83. The molecule has 1 N–H and O–H groups in total. The molecule has 0 aromatic heterocycles. The van der Waals surface area contributed by atoms with Gasteiger partial charge in [0.2, 0.25) is 0 Å². The van der Waals surface area contributed by atoms with Crippen LogP contribution in [0.5, 0.6) is 5.75 Å². The normalized spacial score (nSPS) is 30.5. The molecule has 2 aliphatic heterocycles. The molecule has 2 fully saturated rings. The van der Waals surface area contributed by atoms with Gasteiger partial charge in [0.25, 0.3) is 0 Å². The molecule has 0 radical (unpaired) electrons. The molecule has 116 valence electrons. The fraction of sp³-hybridized carbons (Fsp3) is 0.647. The maximum atomic E-state index is 6.05. The SMILES string of the molecule is CNC(c1cccc(OC)c1)C1CCOC2(CCOC2)C1. The Morgan fingerprint density at radius 2 is 2.29 bits per heavy atom. The Morgan fingerprint density at radius 1 is 1.38 bits per heavy atom. The second kappa shape index (κ2) is 6.34. The molecule has 1 spiro atoms. The summed E-state index contributed by atoms with van der Waals surface area (Å²) in [5.41, 5.74) is 1.24. The first-order valence-corrected chi connectivity index (χ1v) is 7.79. The number of benzene rings is 1. The summed E-state index contributed by atoms with van der Waals surface area (Å²) < 4.78 is 17.0. The van der Waals surface area contributed by atoms with Crippen LogP contribution in [0.2, 0.25) is 0 Å². The highest BCUT2D eigenvalue weighted by Gasteiger charge is 2.43. The Labute approximate surface area is 126 Å². The Hall–Kier alpha value is -1.10. The highest BCUT2D eigenvalue weighted by molar-refractivity contribution is 5.31. The zero-order valence-corrected chi connectivity index (χ0v) is 12.9. The van der Waals surface area contributed by atoms with Gasteiger partial charge in [-0.05, 0) is 43.5 Å². The molecule has 1 aromatic rings. The molecule has 3 atom stereocenters. The van der Waals surface area contributed by atoms with Crippen molar-refractivity contribution in [2.45, 2.75) is 30.9 Å². The molecular weight excluding hydrogens is 266 g/mol. The van der Waals surface area contributed by atoms with Crippen LogP contribution in [0.4, 0.5) is 0 Å². The van der Waals surface area contributed by atoms with E-state index in [1.807, 2.05) is 13.1 Å². The van der Waals surface area contributed by atoms with Crippen molar-refractivity contribution in [1.82, 2.24) is 5.32 Å². The van der Waals surface area contributed by atoms with E-state index in [1.165, 1.54) is 5.56 Å². The number of hydrogen-bond acceptors (Lipinski definition) is 4. The molecule has 0 aliphatic carbocycles. The van der Waals surface area contributed by atoms with Gasteiger partial charge < -0.3 is 19.5 Å². The summed E-state index contributed by atoms with van der Waals surface area (Å²) in [5.74, 6) is 1.48. The first kappa shape index (κ1) is 14.8. The fourth-order valence-corrected chi connectivity index (χ4v) is 3.72. The van der Waals surface area contributed by atoms with Crippen molar-refractivity contribution in [2.24, 2.45) is 5.92 Å². The minimum atomic E-state index is -0.0448. The molecule has 0 amide bonds. The highest BCUT2D eigenvalue weighted by atomic mass is 16.6. The van der Waals surface area contributed by atoms with Gasteiger partial charge in [-0.2, -0.15) is 0 Å². The maximum absolute atomic E-state index is 6.05. The number of ether oxygens (including phenoxy) is 3. The summed E-state index contributed by atoms with van der Waals surface area (Å²) in [6.45, 7) is 2.41. The number of methoxy groups -OCH3 is 1. The van der Waals surface area contributed by atoms with Crippen LogP contribution < -0.4 is 10.1 Å². The van der Waals surface area contributed by atoms with Crippen molar-refractivity contribution in [2.75, 3.05) is 34.0 Å². The van der Waals surface area contributed by atoms with Crippen LogP contribution in [0.15, 0.2) is 24.3 Å². The van der Waals surface area contributed by atoms with Crippen molar-refractivity contribution >= 4 is 0 Å². The average molecular weight is 291 g/mol. The molecule has 4 nitrogen and oxygen atoms in total. The van der Waals surface area contributed by atoms with E-state index in [0.717, 1.165) is 44.8 Å². The minimum Gasteiger partial charge on any atom is -0.497 e. The Bertz CT molecular complexity index is 471. The van der Waals surface area contributed by atoms with Gasteiger partial charge in [-0.25, -0.2) is 0 Å². The zero-order valence-electron chi connectivity index (χ0n) is 12.9. The standard InChI is InChI=1S/C17H25NO3/c1-18-16(13-4-3-5-15(10-13)19-2)14-6-8-21-17(11-14)7-9-20-12-17/h3-5,10,14,16,18H,6-9,11-12H2,1-2H3. The van der Waals surface area contributed by atoms with Crippen molar-refractivity contribution in [3.63, 3.8) is 0 Å². The lowest BCUT2D eigenvalue weighted by atomic mass is 9.79. The van der Waals surface area contributed by atoms with Gasteiger partial charge in [0, 0.05) is 25.7 Å². The van der Waals surface area contributed by atoms with Gasteiger partial charge in [-0.15, -0.1) is 0 Å². The molecule has 2 heterocycles. The second-order valence-corrected chi connectivity index (χ2v) is 6.13. The molecule has 0 saturated carbocycles. The summed E-state index contributed by atoms with van der Waals surface area (Å²) in [4.78, 5) is 0. The molecule has 2 saturated heterocycles. The van der Waals surface area contributed by atoms with E-state index in [9.17, 15) is 0 Å². The number of hydrogen-bond donors (Lipinski definition) is 1. The zero-order chi connectivity index (χ0) is 14.7. The first-order chi connectivity index (χ1) is 10.3. The van der Waals surface area contributed by atoms with E-state index in [2.05, 4.69) is 23.5 Å². The van der Waals surface area contributed by atoms with Crippen LogP contribution in [0.1, 0.15) is 30.9 Å². The predicted octanol–water partition coefficient (Wildman–Crippen LogP) is 2.54. The molecule has 0 bridgehead atoms. The summed E-state index contributed by atoms with van der Waals surface area (Å²) in [6.07, 6.45) is 3.18. The average Bonchev–Trinajstić information content (AvgIpc) is 2.96. The van der Waals surface area contributed by atoms with E-state index >= 15 is 0 Å². The third-order valence-electron chi connectivity index (χ3n) is 4.83.